The monoisotopic (exact) mass is 390 g/mol. The van der Waals surface area contributed by atoms with Crippen LogP contribution in [-0.2, 0) is 4.79 Å². The minimum absolute atomic E-state index is 0.113. The number of Topliss-reactive ketones (excluding diaryl/α,β-unsaturated/α-hetero) is 1. The number of rotatable bonds is 4. The number of benzene rings is 2. The number of carbonyl (C=O) groups is 1. The zero-order valence-corrected chi connectivity index (χ0v) is 18.0. The number of carbonyl (C=O) groups excluding carboxylic acids is 1. The van der Waals surface area contributed by atoms with Gasteiger partial charge in [0.05, 0.1) is 14.2 Å². The van der Waals surface area contributed by atoms with E-state index in [1.165, 1.54) is 0 Å². The van der Waals surface area contributed by atoms with E-state index in [1.54, 1.807) is 14.2 Å². The molecule has 1 fully saturated rings. The molecule has 0 amide bonds. The summed E-state index contributed by atoms with van der Waals surface area (Å²) in [5.74, 6) is 2.12. The van der Waals surface area contributed by atoms with Gasteiger partial charge in [-0.1, -0.05) is 45.0 Å². The summed E-state index contributed by atoms with van der Waals surface area (Å²) in [4.78, 5) is 13.3. The molecule has 0 atom stereocenters. The molecule has 2 aromatic rings. The molecule has 0 aliphatic heterocycles. The topological polar surface area (TPSA) is 35.5 Å². The van der Waals surface area contributed by atoms with Gasteiger partial charge in [-0.15, -0.1) is 0 Å². The number of methoxy groups -OCH3 is 2. The van der Waals surface area contributed by atoms with E-state index >= 15 is 0 Å². The van der Waals surface area contributed by atoms with Gasteiger partial charge in [-0.3, -0.25) is 4.79 Å². The summed E-state index contributed by atoms with van der Waals surface area (Å²) in [5, 5.41) is 0. The van der Waals surface area contributed by atoms with Gasteiger partial charge < -0.3 is 9.47 Å². The van der Waals surface area contributed by atoms with E-state index in [4.69, 9.17) is 9.47 Å². The first-order chi connectivity index (χ1) is 13.8. The largest absolute Gasteiger partial charge is 0.497 e. The Morgan fingerprint density at radius 1 is 0.828 bits per heavy atom. The molecule has 1 aliphatic carbocycles. The Labute approximate surface area is 174 Å². The fraction of sp³-hybridized carbons (Fsp3) is 0.346. The van der Waals surface area contributed by atoms with Crippen LogP contribution in [0.25, 0.3) is 12.2 Å². The smallest absolute Gasteiger partial charge is 0.185 e. The number of ether oxygens (including phenoxy) is 2. The molecular weight excluding hydrogens is 360 g/mol. The summed E-state index contributed by atoms with van der Waals surface area (Å²) in [6, 6.07) is 15.7. The van der Waals surface area contributed by atoms with Crippen molar-refractivity contribution in [2.45, 2.75) is 33.6 Å². The SMILES string of the molecule is COc1cccc(/C=C2\CC(C(C)(C)C)C/C(=C\c3cccc(OC)c3)C2=O)c1. The van der Waals surface area contributed by atoms with Crippen LogP contribution < -0.4 is 9.47 Å². The molecule has 152 valence electrons. The van der Waals surface area contributed by atoms with Crippen molar-refractivity contribution in [1.82, 2.24) is 0 Å². The zero-order valence-electron chi connectivity index (χ0n) is 18.0. The van der Waals surface area contributed by atoms with Crippen LogP contribution in [0.15, 0.2) is 59.7 Å². The van der Waals surface area contributed by atoms with Crippen molar-refractivity contribution in [2.75, 3.05) is 14.2 Å². The van der Waals surface area contributed by atoms with Gasteiger partial charge in [-0.25, -0.2) is 0 Å². The molecule has 3 nitrogen and oxygen atoms in total. The normalized spacial score (nSPS) is 20.2. The first-order valence-electron chi connectivity index (χ1n) is 10.0. The maximum atomic E-state index is 13.3. The van der Waals surface area contributed by atoms with Crippen LogP contribution in [0.3, 0.4) is 0 Å². The summed E-state index contributed by atoms with van der Waals surface area (Å²) in [5.41, 5.74) is 3.81. The van der Waals surface area contributed by atoms with Crippen LogP contribution in [0.5, 0.6) is 11.5 Å². The highest BCUT2D eigenvalue weighted by Crippen LogP contribution is 2.42. The average molecular weight is 391 g/mol. The van der Waals surface area contributed by atoms with Crippen LogP contribution in [0, 0.1) is 11.3 Å². The third-order valence-electron chi connectivity index (χ3n) is 5.61. The lowest BCUT2D eigenvalue weighted by atomic mass is 9.68. The standard InChI is InChI=1S/C26H30O3/c1-26(2,3)22-16-20(12-18-8-6-10-23(14-18)28-4)25(27)21(17-22)13-19-9-7-11-24(15-19)29-5/h6-15,22H,16-17H2,1-5H3/b20-12+,21-13+. The third-order valence-corrected chi connectivity index (χ3v) is 5.61. The fourth-order valence-corrected chi connectivity index (χ4v) is 3.72. The van der Waals surface area contributed by atoms with Crippen molar-refractivity contribution < 1.29 is 14.3 Å². The molecule has 0 radical (unpaired) electrons. The lowest BCUT2D eigenvalue weighted by molar-refractivity contribution is -0.113. The Hall–Kier alpha value is -2.81. The summed E-state index contributed by atoms with van der Waals surface area (Å²) < 4.78 is 10.7. The molecule has 0 N–H and O–H groups in total. The molecule has 3 heteroatoms. The minimum atomic E-state index is 0.113. The minimum Gasteiger partial charge on any atom is -0.497 e. The lowest BCUT2D eigenvalue weighted by Crippen LogP contribution is -2.29. The molecule has 0 spiro atoms. The third kappa shape index (κ3) is 5.17. The summed E-state index contributed by atoms with van der Waals surface area (Å²) in [7, 11) is 3.31. The van der Waals surface area contributed by atoms with Crippen molar-refractivity contribution in [3.8, 4) is 11.5 Å². The van der Waals surface area contributed by atoms with E-state index in [9.17, 15) is 4.79 Å². The predicted octanol–water partition coefficient (Wildman–Crippen LogP) is 6.20. The predicted molar refractivity (Wildman–Crippen MR) is 119 cm³/mol. The quantitative estimate of drug-likeness (QED) is 0.583. The summed E-state index contributed by atoms with van der Waals surface area (Å²) in [6.07, 6.45) is 5.61. The second-order valence-electron chi connectivity index (χ2n) is 8.69. The van der Waals surface area contributed by atoms with E-state index in [0.29, 0.717) is 5.92 Å². The van der Waals surface area contributed by atoms with E-state index in [-0.39, 0.29) is 11.2 Å². The van der Waals surface area contributed by atoms with Crippen molar-refractivity contribution in [2.24, 2.45) is 11.3 Å². The van der Waals surface area contributed by atoms with Crippen LogP contribution in [0.1, 0.15) is 44.7 Å². The van der Waals surface area contributed by atoms with Gasteiger partial charge >= 0.3 is 0 Å². The molecular formula is C26H30O3. The van der Waals surface area contributed by atoms with E-state index in [2.05, 4.69) is 20.8 Å². The summed E-state index contributed by atoms with van der Waals surface area (Å²) in [6.45, 7) is 6.75. The molecule has 1 saturated carbocycles. The van der Waals surface area contributed by atoms with Gasteiger partial charge in [-0.2, -0.15) is 0 Å². The van der Waals surface area contributed by atoms with Crippen LogP contribution >= 0.6 is 0 Å². The molecule has 0 saturated heterocycles. The molecule has 2 aromatic carbocycles. The van der Waals surface area contributed by atoms with Gasteiger partial charge in [0, 0.05) is 11.1 Å². The Balaban J connectivity index is 2.01. The van der Waals surface area contributed by atoms with Crippen molar-refractivity contribution in [3.63, 3.8) is 0 Å². The first kappa shape index (κ1) is 20.9. The Kier molecular flexibility index (Phi) is 6.26. The average Bonchev–Trinajstić information content (AvgIpc) is 2.70. The van der Waals surface area contributed by atoms with E-state index in [0.717, 1.165) is 46.6 Å². The Morgan fingerprint density at radius 3 is 1.66 bits per heavy atom. The second kappa shape index (κ2) is 8.69. The maximum Gasteiger partial charge on any atom is 0.185 e. The van der Waals surface area contributed by atoms with E-state index in [1.807, 2.05) is 60.7 Å². The van der Waals surface area contributed by atoms with Gasteiger partial charge in [0.1, 0.15) is 11.5 Å². The van der Waals surface area contributed by atoms with Crippen molar-refractivity contribution >= 4 is 17.9 Å². The molecule has 1 aliphatic rings. The van der Waals surface area contributed by atoms with Gasteiger partial charge in [0.25, 0.3) is 0 Å². The number of hydrogen-bond acceptors (Lipinski definition) is 3. The van der Waals surface area contributed by atoms with E-state index < -0.39 is 0 Å². The number of hydrogen-bond donors (Lipinski definition) is 0. The number of allylic oxidation sites excluding steroid dienone is 2. The molecule has 3 rings (SSSR count). The lowest BCUT2D eigenvalue weighted by Gasteiger charge is -2.35. The molecule has 0 aromatic heterocycles. The number of ketones is 1. The van der Waals surface area contributed by atoms with Gasteiger partial charge in [-0.05, 0) is 71.7 Å². The van der Waals surface area contributed by atoms with Gasteiger partial charge in [0.2, 0.25) is 0 Å². The first-order valence-corrected chi connectivity index (χ1v) is 10.0. The highest BCUT2D eigenvalue weighted by molar-refractivity contribution is 6.14. The maximum absolute atomic E-state index is 13.3. The Morgan fingerprint density at radius 2 is 1.28 bits per heavy atom. The Bertz CT molecular complexity index is 875. The molecule has 0 unspecified atom stereocenters. The van der Waals surface area contributed by atoms with Gasteiger partial charge in [0.15, 0.2) is 5.78 Å². The molecule has 0 heterocycles. The molecule has 0 bridgehead atoms. The van der Waals surface area contributed by atoms with Crippen molar-refractivity contribution in [1.29, 1.82) is 0 Å². The fourth-order valence-electron chi connectivity index (χ4n) is 3.72. The summed E-state index contributed by atoms with van der Waals surface area (Å²) >= 11 is 0. The second-order valence-corrected chi connectivity index (χ2v) is 8.69. The highest BCUT2D eigenvalue weighted by Gasteiger charge is 2.34. The van der Waals surface area contributed by atoms with Crippen LogP contribution in [-0.4, -0.2) is 20.0 Å². The van der Waals surface area contributed by atoms with Crippen LogP contribution in [0.2, 0.25) is 0 Å². The highest BCUT2D eigenvalue weighted by atomic mass is 16.5. The molecule has 29 heavy (non-hydrogen) atoms. The zero-order chi connectivity index (χ0) is 21.0. The van der Waals surface area contributed by atoms with Crippen molar-refractivity contribution in [3.05, 3.63) is 70.8 Å². The van der Waals surface area contributed by atoms with Crippen LogP contribution in [0.4, 0.5) is 0 Å².